The van der Waals surface area contributed by atoms with Gasteiger partial charge in [-0.25, -0.2) is 4.98 Å². The smallest absolute Gasteiger partial charge is 0.269 e. The fourth-order valence-electron chi connectivity index (χ4n) is 10.5. The molecule has 0 amide bonds. The Hall–Kier alpha value is -7.50. The summed E-state index contributed by atoms with van der Waals surface area (Å²) < 4.78 is 13.8. The van der Waals surface area contributed by atoms with E-state index >= 15 is 0 Å². The highest BCUT2D eigenvalue weighted by atomic mass is 16.5. The maximum absolute atomic E-state index is 7.04. The number of para-hydroxylation sites is 1. The third-order valence-electron chi connectivity index (χ3n) is 14.7. The van der Waals surface area contributed by atoms with Crippen LogP contribution in [0.25, 0.3) is 50.3 Å². The van der Waals surface area contributed by atoms with Gasteiger partial charge in [-0.2, -0.15) is 0 Å². The number of fused-ring (bicyclic) bond motifs is 3. The summed E-state index contributed by atoms with van der Waals surface area (Å²) in [5, 5.41) is 2.40. The van der Waals surface area contributed by atoms with Crippen molar-refractivity contribution in [3.63, 3.8) is 0 Å². The molecule has 0 saturated heterocycles. The molecule has 10 aromatic rings. The van der Waals surface area contributed by atoms with E-state index in [1.807, 2.05) is 6.20 Å². The number of hydrogen-bond donors (Lipinski definition) is 0. The standard InChI is InChI=1S/C66H66N4O/c1-44(2)54-32-22-33-55(45(3)4)62(54)60-42-68(43-69(60)51-29-20-27-48(37-51)65(8,9)46-23-14-12-15-24-46)50-28-21-30-52(39-50)71-53-40-57(64(5,6)7)63-56-31-18-19-34-58(56)70(59(63)41-53)61-38-49(35-36-67-61)66(10,11)47-25-16-13-17-26-47/h12-42,44-45H,1-11H3. The second-order valence-corrected chi connectivity index (χ2v) is 21.9. The predicted molar refractivity (Wildman–Crippen MR) is 294 cm³/mol. The molecule has 0 aliphatic heterocycles. The largest absolute Gasteiger partial charge is 0.458 e. The van der Waals surface area contributed by atoms with Crippen molar-refractivity contribution in [3.8, 4) is 39.9 Å². The number of rotatable bonds is 12. The number of pyridine rings is 1. The first kappa shape index (κ1) is 47.2. The Bertz CT molecular complexity index is 3520. The Morgan fingerprint density at radius 3 is 1.77 bits per heavy atom. The summed E-state index contributed by atoms with van der Waals surface area (Å²) in [7, 11) is 0. The zero-order valence-electron chi connectivity index (χ0n) is 43.2. The van der Waals surface area contributed by atoms with Crippen LogP contribution in [0.4, 0.5) is 0 Å². The van der Waals surface area contributed by atoms with Gasteiger partial charge in [-0.1, -0.05) is 191 Å². The molecule has 5 heteroatoms. The lowest BCUT2D eigenvalue weighted by atomic mass is 9.78. The Labute approximate surface area is 421 Å². The highest BCUT2D eigenvalue weighted by molar-refractivity contribution is 6.11. The molecular weight excluding hydrogens is 865 g/mol. The fourth-order valence-corrected chi connectivity index (χ4v) is 10.5. The van der Waals surface area contributed by atoms with Crippen molar-refractivity contribution in [2.75, 3.05) is 0 Å². The fraction of sp³-hybridized carbons (Fsp3) is 0.242. The molecule has 0 saturated carbocycles. The lowest BCUT2D eigenvalue weighted by molar-refractivity contribution is -0.588. The minimum atomic E-state index is -0.234. The molecule has 5 nitrogen and oxygen atoms in total. The zero-order valence-corrected chi connectivity index (χ0v) is 43.2. The van der Waals surface area contributed by atoms with Crippen LogP contribution in [0.15, 0.2) is 188 Å². The molecule has 71 heavy (non-hydrogen) atoms. The summed E-state index contributed by atoms with van der Waals surface area (Å²) in [6, 6.07) is 63.2. The topological polar surface area (TPSA) is 35.9 Å². The van der Waals surface area contributed by atoms with Crippen molar-refractivity contribution < 1.29 is 9.30 Å². The normalized spacial score (nSPS) is 12.4. The van der Waals surface area contributed by atoms with Crippen molar-refractivity contribution in [1.82, 2.24) is 14.1 Å². The maximum Gasteiger partial charge on any atom is 0.269 e. The SMILES string of the molecule is CC(C)c1cccc(C(C)C)c1-c1cn(-c2cccc(Oc3cc(C(C)(C)C)c4c5ccccc5n(-c5cc(C(C)(C)c6ccccc6)ccn5)c4c3)c2)[c-][n+]1-c1cccc(C(C)(C)c2ccccc2)c1. The number of ether oxygens (including phenoxy) is 1. The Morgan fingerprint density at radius 2 is 1.13 bits per heavy atom. The molecule has 0 bridgehead atoms. The summed E-state index contributed by atoms with van der Waals surface area (Å²) in [6.45, 7) is 25.2. The van der Waals surface area contributed by atoms with E-state index in [4.69, 9.17) is 9.72 Å². The molecule has 7 aromatic carbocycles. The Morgan fingerprint density at radius 1 is 0.535 bits per heavy atom. The van der Waals surface area contributed by atoms with Gasteiger partial charge in [-0.15, -0.1) is 0 Å². The first-order chi connectivity index (χ1) is 34.0. The number of imidazole rings is 1. The van der Waals surface area contributed by atoms with Crippen molar-refractivity contribution in [2.24, 2.45) is 0 Å². The molecular formula is C66H66N4O. The second kappa shape index (κ2) is 18.4. The van der Waals surface area contributed by atoms with Crippen LogP contribution >= 0.6 is 0 Å². The van der Waals surface area contributed by atoms with E-state index in [1.54, 1.807) is 0 Å². The summed E-state index contributed by atoms with van der Waals surface area (Å²) >= 11 is 0. The number of benzene rings is 7. The third-order valence-corrected chi connectivity index (χ3v) is 14.7. The number of aromatic nitrogens is 4. The first-order valence-electron chi connectivity index (χ1n) is 25.3. The zero-order chi connectivity index (χ0) is 49.8. The quantitative estimate of drug-likeness (QED) is 0.0904. The maximum atomic E-state index is 7.04. The van der Waals surface area contributed by atoms with E-state index in [-0.39, 0.29) is 16.2 Å². The van der Waals surface area contributed by atoms with Crippen molar-refractivity contribution in [3.05, 3.63) is 234 Å². The van der Waals surface area contributed by atoms with E-state index in [0.717, 1.165) is 45.4 Å². The van der Waals surface area contributed by atoms with E-state index in [9.17, 15) is 0 Å². The highest BCUT2D eigenvalue weighted by Crippen LogP contribution is 2.43. The average molecular weight is 931 g/mol. The predicted octanol–water partition coefficient (Wildman–Crippen LogP) is 16.7. The minimum absolute atomic E-state index is 0.197. The van der Waals surface area contributed by atoms with Gasteiger partial charge in [-0.05, 0) is 116 Å². The molecule has 0 aliphatic rings. The third kappa shape index (κ3) is 8.77. The number of hydrogen-bond acceptors (Lipinski definition) is 2. The average Bonchev–Trinajstić information content (AvgIpc) is 3.96. The van der Waals surface area contributed by atoms with E-state index in [2.05, 4.69) is 278 Å². The summed E-state index contributed by atoms with van der Waals surface area (Å²) in [4.78, 5) is 5.07. The monoisotopic (exact) mass is 931 g/mol. The van der Waals surface area contributed by atoms with Crippen LogP contribution in [0, 0.1) is 6.33 Å². The van der Waals surface area contributed by atoms with E-state index in [0.29, 0.717) is 11.8 Å². The minimum Gasteiger partial charge on any atom is -0.458 e. The summed E-state index contributed by atoms with van der Waals surface area (Å²) in [5.41, 5.74) is 14.7. The second-order valence-electron chi connectivity index (χ2n) is 21.9. The molecule has 0 fully saturated rings. The molecule has 356 valence electrons. The lowest BCUT2D eigenvalue weighted by Gasteiger charge is -2.27. The van der Waals surface area contributed by atoms with Crippen LogP contribution in [-0.2, 0) is 16.2 Å². The van der Waals surface area contributed by atoms with E-state index < -0.39 is 0 Å². The van der Waals surface area contributed by atoms with E-state index in [1.165, 1.54) is 55.3 Å². The van der Waals surface area contributed by atoms with Crippen LogP contribution < -0.4 is 9.30 Å². The lowest BCUT2D eigenvalue weighted by Crippen LogP contribution is -2.33. The van der Waals surface area contributed by atoms with Gasteiger partial charge in [-0.3, -0.25) is 13.7 Å². The van der Waals surface area contributed by atoms with Crippen molar-refractivity contribution in [1.29, 1.82) is 0 Å². The van der Waals surface area contributed by atoms with Crippen LogP contribution in [0.2, 0.25) is 0 Å². The molecule has 3 aromatic heterocycles. The molecule has 0 spiro atoms. The molecule has 10 rings (SSSR count). The van der Waals surface area contributed by atoms with Gasteiger partial charge in [0.05, 0.1) is 28.1 Å². The van der Waals surface area contributed by atoms with Gasteiger partial charge >= 0.3 is 0 Å². The first-order valence-corrected chi connectivity index (χ1v) is 25.3. The molecule has 0 aliphatic carbocycles. The van der Waals surface area contributed by atoms with Gasteiger partial charge in [0.15, 0.2) is 0 Å². The Balaban J connectivity index is 1.11. The Kier molecular flexibility index (Phi) is 12.2. The van der Waals surface area contributed by atoms with Crippen LogP contribution in [0.1, 0.15) is 127 Å². The van der Waals surface area contributed by atoms with Gasteiger partial charge in [0.2, 0.25) is 0 Å². The van der Waals surface area contributed by atoms with Gasteiger partial charge in [0.1, 0.15) is 17.3 Å². The molecule has 0 atom stereocenters. The highest BCUT2D eigenvalue weighted by Gasteiger charge is 2.29. The molecule has 3 heterocycles. The molecule has 0 N–H and O–H groups in total. The van der Waals surface area contributed by atoms with Crippen LogP contribution in [-0.4, -0.2) is 14.1 Å². The molecule has 0 unspecified atom stereocenters. The van der Waals surface area contributed by atoms with Crippen LogP contribution in [0.3, 0.4) is 0 Å². The van der Waals surface area contributed by atoms with Gasteiger partial charge in [0, 0.05) is 40.1 Å². The van der Waals surface area contributed by atoms with Crippen LogP contribution in [0.5, 0.6) is 11.5 Å². The van der Waals surface area contributed by atoms with Gasteiger partial charge in [0.25, 0.3) is 6.33 Å². The van der Waals surface area contributed by atoms with Crippen molar-refractivity contribution >= 4 is 21.8 Å². The number of nitrogens with zero attached hydrogens (tertiary/aromatic N) is 4. The van der Waals surface area contributed by atoms with Gasteiger partial charge < -0.3 is 4.74 Å². The summed E-state index contributed by atoms with van der Waals surface area (Å²) in [5.74, 6) is 3.01. The van der Waals surface area contributed by atoms with Crippen molar-refractivity contribution in [2.45, 2.75) is 104 Å². The molecule has 0 radical (unpaired) electrons. The summed E-state index contributed by atoms with van der Waals surface area (Å²) in [6.07, 6.45) is 8.05.